The number of aromatic nitrogens is 1. The number of hydrogen-bond acceptors (Lipinski definition) is 2. The topological polar surface area (TPSA) is 12.9 Å². The zero-order chi connectivity index (χ0) is 13.9. The van der Waals surface area contributed by atoms with E-state index in [0.717, 1.165) is 12.1 Å². The number of pyridine rings is 1. The van der Waals surface area contributed by atoms with Crippen LogP contribution in [0.3, 0.4) is 0 Å². The Hall–Kier alpha value is -1.93. The van der Waals surface area contributed by atoms with Crippen molar-refractivity contribution in [2.45, 2.75) is 20.3 Å². The maximum atomic E-state index is 4.47. The van der Waals surface area contributed by atoms with Crippen LogP contribution in [0.2, 0.25) is 0 Å². The lowest BCUT2D eigenvalue weighted by molar-refractivity contribution is 1.19. The molecular weight excluding hydrogens is 262 g/mol. The Bertz CT molecular complexity index is 713. The SMILES string of the molecule is CCc1cc(-c2cccc(-c3ccccn3)c2C)cs1. The first kappa shape index (κ1) is 13.1. The lowest BCUT2D eigenvalue weighted by atomic mass is 9.96. The van der Waals surface area contributed by atoms with E-state index in [1.807, 2.05) is 29.7 Å². The van der Waals surface area contributed by atoms with Gasteiger partial charge >= 0.3 is 0 Å². The van der Waals surface area contributed by atoms with Gasteiger partial charge in [0.25, 0.3) is 0 Å². The summed E-state index contributed by atoms with van der Waals surface area (Å²) >= 11 is 1.84. The molecule has 0 radical (unpaired) electrons. The molecule has 0 atom stereocenters. The van der Waals surface area contributed by atoms with E-state index in [-0.39, 0.29) is 0 Å². The molecule has 1 aromatic carbocycles. The van der Waals surface area contributed by atoms with Gasteiger partial charge in [0.1, 0.15) is 0 Å². The molecule has 0 spiro atoms. The maximum absolute atomic E-state index is 4.47. The Kier molecular flexibility index (Phi) is 3.66. The Morgan fingerprint density at radius 1 is 1.05 bits per heavy atom. The third-order valence-electron chi connectivity index (χ3n) is 3.59. The number of rotatable bonds is 3. The van der Waals surface area contributed by atoms with Gasteiger partial charge in [-0.25, -0.2) is 0 Å². The monoisotopic (exact) mass is 279 g/mol. The molecule has 0 bridgehead atoms. The van der Waals surface area contributed by atoms with Crippen molar-refractivity contribution >= 4 is 11.3 Å². The summed E-state index contributed by atoms with van der Waals surface area (Å²) in [6, 6.07) is 14.8. The van der Waals surface area contributed by atoms with Gasteiger partial charge in [0.15, 0.2) is 0 Å². The van der Waals surface area contributed by atoms with Crippen LogP contribution in [0, 0.1) is 6.92 Å². The second kappa shape index (κ2) is 5.59. The molecule has 2 aromatic heterocycles. The minimum absolute atomic E-state index is 1.04. The number of aryl methyl sites for hydroxylation is 1. The minimum Gasteiger partial charge on any atom is -0.256 e. The van der Waals surface area contributed by atoms with E-state index in [2.05, 4.69) is 54.5 Å². The van der Waals surface area contributed by atoms with E-state index < -0.39 is 0 Å². The number of nitrogens with zero attached hydrogens (tertiary/aromatic N) is 1. The second-order valence-corrected chi connectivity index (χ2v) is 5.84. The van der Waals surface area contributed by atoms with Crippen LogP contribution >= 0.6 is 11.3 Å². The number of thiophene rings is 1. The normalized spacial score (nSPS) is 10.7. The molecule has 0 unspecified atom stereocenters. The highest BCUT2D eigenvalue weighted by Crippen LogP contribution is 2.33. The molecule has 0 amide bonds. The van der Waals surface area contributed by atoms with E-state index in [9.17, 15) is 0 Å². The first-order valence-corrected chi connectivity index (χ1v) is 7.76. The zero-order valence-electron chi connectivity index (χ0n) is 11.8. The van der Waals surface area contributed by atoms with Gasteiger partial charge in [0, 0.05) is 16.6 Å². The summed E-state index contributed by atoms with van der Waals surface area (Å²) in [6.07, 6.45) is 2.95. The Labute approximate surface area is 124 Å². The fourth-order valence-corrected chi connectivity index (χ4v) is 3.29. The molecule has 0 aliphatic rings. The first-order valence-electron chi connectivity index (χ1n) is 6.88. The summed E-state index contributed by atoms with van der Waals surface area (Å²) in [5, 5.41) is 2.25. The van der Waals surface area contributed by atoms with E-state index in [1.165, 1.54) is 27.1 Å². The Morgan fingerprint density at radius 2 is 1.90 bits per heavy atom. The van der Waals surface area contributed by atoms with Crippen LogP contribution in [0.1, 0.15) is 17.4 Å². The van der Waals surface area contributed by atoms with E-state index in [0.29, 0.717) is 0 Å². The molecule has 1 nitrogen and oxygen atoms in total. The molecule has 3 aromatic rings. The number of hydrogen-bond donors (Lipinski definition) is 0. The standard InChI is InChI=1S/C18H17NS/c1-3-15-11-14(12-20-15)16-7-6-8-17(13(16)2)18-9-4-5-10-19-18/h4-12H,3H2,1-2H3. The van der Waals surface area contributed by atoms with E-state index in [4.69, 9.17) is 0 Å². The van der Waals surface area contributed by atoms with Crippen LogP contribution in [0.15, 0.2) is 54.0 Å². The van der Waals surface area contributed by atoms with Crippen LogP contribution in [-0.4, -0.2) is 4.98 Å². The van der Waals surface area contributed by atoms with E-state index >= 15 is 0 Å². The van der Waals surface area contributed by atoms with Gasteiger partial charge < -0.3 is 0 Å². The summed E-state index contributed by atoms with van der Waals surface area (Å²) in [5.74, 6) is 0. The predicted molar refractivity (Wildman–Crippen MR) is 87.1 cm³/mol. The molecule has 0 aliphatic heterocycles. The van der Waals surface area contributed by atoms with Crippen molar-refractivity contribution in [3.05, 3.63) is 64.5 Å². The number of benzene rings is 1. The molecule has 20 heavy (non-hydrogen) atoms. The van der Waals surface area contributed by atoms with Crippen LogP contribution in [0.25, 0.3) is 22.4 Å². The van der Waals surface area contributed by atoms with Crippen LogP contribution in [0.5, 0.6) is 0 Å². The average Bonchev–Trinajstić information content (AvgIpc) is 2.97. The summed E-state index contributed by atoms with van der Waals surface area (Å²) < 4.78 is 0. The quantitative estimate of drug-likeness (QED) is 0.630. The largest absolute Gasteiger partial charge is 0.256 e. The molecule has 3 rings (SSSR count). The molecular formula is C18H17NS. The van der Waals surface area contributed by atoms with Crippen molar-refractivity contribution in [2.24, 2.45) is 0 Å². The van der Waals surface area contributed by atoms with Crippen LogP contribution < -0.4 is 0 Å². The zero-order valence-corrected chi connectivity index (χ0v) is 12.6. The minimum atomic E-state index is 1.04. The average molecular weight is 279 g/mol. The van der Waals surface area contributed by atoms with Gasteiger partial charge in [0.05, 0.1) is 5.69 Å². The summed E-state index contributed by atoms with van der Waals surface area (Å²) in [4.78, 5) is 5.90. The molecule has 0 saturated carbocycles. The Morgan fingerprint density at radius 3 is 2.60 bits per heavy atom. The molecule has 0 saturated heterocycles. The second-order valence-electron chi connectivity index (χ2n) is 4.85. The van der Waals surface area contributed by atoms with Gasteiger partial charge in [-0.2, -0.15) is 0 Å². The van der Waals surface area contributed by atoms with Gasteiger partial charge in [0.2, 0.25) is 0 Å². The molecule has 100 valence electrons. The lowest BCUT2D eigenvalue weighted by Crippen LogP contribution is -1.89. The Balaban J connectivity index is 2.10. The van der Waals surface area contributed by atoms with Gasteiger partial charge in [-0.3, -0.25) is 4.98 Å². The van der Waals surface area contributed by atoms with Crippen molar-refractivity contribution in [3.63, 3.8) is 0 Å². The predicted octanol–water partition coefficient (Wildman–Crippen LogP) is 5.35. The molecule has 2 heteroatoms. The molecule has 0 aliphatic carbocycles. The fourth-order valence-electron chi connectivity index (χ4n) is 2.46. The van der Waals surface area contributed by atoms with Crippen molar-refractivity contribution in [2.75, 3.05) is 0 Å². The molecule has 0 fully saturated rings. The molecule has 0 N–H and O–H groups in total. The molecule has 2 heterocycles. The summed E-state index contributed by atoms with van der Waals surface area (Å²) in [6.45, 7) is 4.38. The summed E-state index contributed by atoms with van der Waals surface area (Å²) in [5.41, 5.74) is 6.18. The van der Waals surface area contributed by atoms with Crippen LogP contribution in [-0.2, 0) is 6.42 Å². The smallest absolute Gasteiger partial charge is 0.0704 e. The maximum Gasteiger partial charge on any atom is 0.0704 e. The summed E-state index contributed by atoms with van der Waals surface area (Å²) in [7, 11) is 0. The first-order chi connectivity index (χ1) is 9.79. The third kappa shape index (κ3) is 2.39. The van der Waals surface area contributed by atoms with Crippen molar-refractivity contribution in [3.8, 4) is 22.4 Å². The van der Waals surface area contributed by atoms with Crippen molar-refractivity contribution in [1.29, 1.82) is 0 Å². The van der Waals surface area contributed by atoms with Gasteiger partial charge in [-0.05, 0) is 53.6 Å². The fraction of sp³-hybridized carbons (Fsp3) is 0.167. The van der Waals surface area contributed by atoms with Crippen molar-refractivity contribution < 1.29 is 0 Å². The lowest BCUT2D eigenvalue weighted by Gasteiger charge is -2.10. The van der Waals surface area contributed by atoms with Crippen LogP contribution in [0.4, 0.5) is 0 Å². The van der Waals surface area contributed by atoms with Gasteiger partial charge in [-0.1, -0.05) is 31.2 Å². The van der Waals surface area contributed by atoms with E-state index in [1.54, 1.807) is 0 Å². The van der Waals surface area contributed by atoms with Gasteiger partial charge in [-0.15, -0.1) is 11.3 Å². The highest BCUT2D eigenvalue weighted by Gasteiger charge is 2.09. The third-order valence-corrected chi connectivity index (χ3v) is 4.67. The highest BCUT2D eigenvalue weighted by atomic mass is 32.1. The highest BCUT2D eigenvalue weighted by molar-refractivity contribution is 7.10. The van der Waals surface area contributed by atoms with Crippen molar-refractivity contribution in [1.82, 2.24) is 4.98 Å².